The van der Waals surface area contributed by atoms with Crippen LogP contribution in [0.15, 0.2) is 78.9 Å². The number of anilines is 2. The molecule has 1 aliphatic rings. The Labute approximate surface area is 201 Å². The monoisotopic (exact) mass is 477 g/mol. The third-order valence-corrected chi connectivity index (χ3v) is 6.84. The summed E-state index contributed by atoms with van der Waals surface area (Å²) in [6, 6.07) is 23.4. The Morgan fingerprint density at radius 1 is 0.971 bits per heavy atom. The number of nitrogens with zero attached hydrogens (tertiary/aromatic N) is 2. The fraction of sp³-hybridized carbons (Fsp3) is 0.231. The normalized spacial score (nSPS) is 14.3. The number of carboxylic acids is 1. The van der Waals surface area contributed by atoms with Gasteiger partial charge in [0.05, 0.1) is 12.5 Å². The van der Waals surface area contributed by atoms with E-state index in [4.69, 9.17) is 0 Å². The Kier molecular flexibility index (Phi) is 7.40. The van der Waals surface area contributed by atoms with Gasteiger partial charge in [0.25, 0.3) is 0 Å². The first-order valence-electron chi connectivity index (χ1n) is 11.1. The number of hydrogen-bond acceptors (Lipinski definition) is 4. The Hall–Kier alpha value is -3.49. The molecule has 0 saturated heterocycles. The van der Waals surface area contributed by atoms with Crippen molar-refractivity contribution in [3.8, 4) is 11.1 Å². The van der Waals surface area contributed by atoms with Gasteiger partial charge in [-0.2, -0.15) is 0 Å². The van der Waals surface area contributed by atoms with Gasteiger partial charge in [0.2, 0.25) is 5.91 Å². The van der Waals surface area contributed by atoms with Gasteiger partial charge in [-0.1, -0.05) is 60.7 Å². The molecule has 34 heavy (non-hydrogen) atoms. The Morgan fingerprint density at radius 3 is 2.29 bits per heavy atom. The molecule has 7 nitrogen and oxygen atoms in total. The molecule has 1 heterocycles. The molecular formula is C26H25N2O5S-. The molecule has 2 unspecified atom stereocenters. The molecule has 176 valence electrons. The lowest BCUT2D eigenvalue weighted by atomic mass is 10.0. The quantitative estimate of drug-likeness (QED) is 0.466. The van der Waals surface area contributed by atoms with Crippen LogP contribution in [0.3, 0.4) is 0 Å². The van der Waals surface area contributed by atoms with Gasteiger partial charge < -0.3 is 14.6 Å². The minimum Gasteiger partial charge on any atom is -0.755 e. The second-order valence-electron chi connectivity index (χ2n) is 8.17. The molecule has 0 saturated carbocycles. The van der Waals surface area contributed by atoms with Crippen LogP contribution in [0.4, 0.5) is 11.4 Å². The second-order valence-corrected chi connectivity index (χ2v) is 9.00. The van der Waals surface area contributed by atoms with Gasteiger partial charge in [0.15, 0.2) is 0 Å². The van der Waals surface area contributed by atoms with Gasteiger partial charge in [0.1, 0.15) is 0 Å². The number of carbonyl (C=O) groups is 2. The average molecular weight is 478 g/mol. The van der Waals surface area contributed by atoms with E-state index < -0.39 is 29.7 Å². The largest absolute Gasteiger partial charge is 0.755 e. The number of fused-ring (bicyclic) bond motifs is 1. The first-order chi connectivity index (χ1) is 16.4. The Morgan fingerprint density at radius 2 is 1.62 bits per heavy atom. The predicted octanol–water partition coefficient (Wildman–Crippen LogP) is 4.17. The maximum Gasteiger partial charge on any atom is 0.305 e. The topological polar surface area (TPSA) is 101 Å². The van der Waals surface area contributed by atoms with Gasteiger partial charge in [-0.3, -0.25) is 18.1 Å². The van der Waals surface area contributed by atoms with E-state index in [2.05, 4.69) is 0 Å². The van der Waals surface area contributed by atoms with E-state index in [9.17, 15) is 23.5 Å². The number of para-hydroxylation sites is 1. The summed E-state index contributed by atoms with van der Waals surface area (Å²) in [7, 11) is 0. The van der Waals surface area contributed by atoms with Crippen LogP contribution in [-0.4, -0.2) is 38.3 Å². The fourth-order valence-corrected chi connectivity index (χ4v) is 5.09. The van der Waals surface area contributed by atoms with Crippen molar-refractivity contribution in [3.05, 3.63) is 84.4 Å². The van der Waals surface area contributed by atoms with Crippen LogP contribution in [0, 0.1) is 0 Å². The first-order valence-corrected chi connectivity index (χ1v) is 12.1. The van der Waals surface area contributed by atoms with E-state index in [1.54, 1.807) is 29.2 Å². The molecule has 1 N–H and O–H groups in total. The minimum absolute atomic E-state index is 0.0437. The summed E-state index contributed by atoms with van der Waals surface area (Å²) in [5, 5.41) is 9.44. The minimum atomic E-state index is -2.71. The number of rotatable bonds is 9. The van der Waals surface area contributed by atoms with Crippen LogP contribution in [-0.2, 0) is 27.3 Å². The third-order valence-electron chi connectivity index (χ3n) is 6.01. The van der Waals surface area contributed by atoms with Crippen LogP contribution in [0.5, 0.6) is 0 Å². The molecule has 1 aliphatic heterocycles. The summed E-state index contributed by atoms with van der Waals surface area (Å²) in [4.78, 5) is 26.2. The van der Waals surface area contributed by atoms with Crippen molar-refractivity contribution in [3.63, 3.8) is 0 Å². The van der Waals surface area contributed by atoms with Crippen molar-refractivity contribution in [2.75, 3.05) is 15.7 Å². The van der Waals surface area contributed by atoms with Gasteiger partial charge in [-0.25, -0.2) is 0 Å². The highest BCUT2D eigenvalue weighted by Gasteiger charge is 2.28. The van der Waals surface area contributed by atoms with Crippen LogP contribution < -0.4 is 9.21 Å². The SMILES string of the molecule is O=C(O)CC(CCC(=O)N1CCc2ccccc21)N(c1ccc(-c2ccccc2)cc1)S(=O)[O-]. The summed E-state index contributed by atoms with van der Waals surface area (Å²) >= 11 is -2.71. The molecule has 0 spiro atoms. The summed E-state index contributed by atoms with van der Waals surface area (Å²) in [6.07, 6.45) is 0.503. The van der Waals surface area contributed by atoms with Crippen molar-refractivity contribution >= 4 is 34.5 Å². The highest BCUT2D eigenvalue weighted by atomic mass is 32.2. The zero-order chi connectivity index (χ0) is 24.1. The average Bonchev–Trinajstić information content (AvgIpc) is 3.27. The number of amides is 1. The van der Waals surface area contributed by atoms with E-state index >= 15 is 0 Å². The molecule has 0 fully saturated rings. The summed E-state index contributed by atoms with van der Waals surface area (Å²) in [5.41, 5.74) is 4.22. The van der Waals surface area contributed by atoms with Crippen molar-refractivity contribution in [2.24, 2.45) is 0 Å². The zero-order valence-electron chi connectivity index (χ0n) is 18.5. The second kappa shape index (κ2) is 10.6. The summed E-state index contributed by atoms with van der Waals surface area (Å²) < 4.78 is 25.4. The molecule has 0 radical (unpaired) electrons. The number of aliphatic carboxylic acids is 1. The molecule has 0 aromatic heterocycles. The van der Waals surface area contributed by atoms with Crippen LogP contribution >= 0.6 is 0 Å². The Bertz CT molecular complexity index is 1180. The number of carboxylic acid groups (broad SMARTS) is 1. The van der Waals surface area contributed by atoms with Crippen molar-refractivity contribution in [2.45, 2.75) is 31.7 Å². The molecule has 4 rings (SSSR count). The summed E-state index contributed by atoms with van der Waals surface area (Å²) in [5.74, 6) is -1.27. The molecular weight excluding hydrogens is 452 g/mol. The van der Waals surface area contributed by atoms with Crippen LogP contribution in [0.25, 0.3) is 11.1 Å². The summed E-state index contributed by atoms with van der Waals surface area (Å²) in [6.45, 7) is 0.569. The Balaban J connectivity index is 1.52. The molecule has 8 heteroatoms. The zero-order valence-corrected chi connectivity index (χ0v) is 19.3. The standard InChI is InChI=1S/C26H26N2O5S/c29-25(27-17-16-21-8-4-5-9-24(21)27)15-14-23(18-26(30)31)28(34(32)33)22-12-10-20(11-13-22)19-6-2-1-3-7-19/h1-13,23H,14-18H2,(H,30,31)(H,32,33)/p-1. The van der Waals surface area contributed by atoms with E-state index in [0.717, 1.165) is 33.1 Å². The lowest BCUT2D eigenvalue weighted by molar-refractivity contribution is -0.137. The van der Waals surface area contributed by atoms with Crippen molar-refractivity contribution in [1.29, 1.82) is 0 Å². The van der Waals surface area contributed by atoms with E-state index in [-0.39, 0.29) is 18.7 Å². The van der Waals surface area contributed by atoms with Crippen LogP contribution in [0.2, 0.25) is 0 Å². The lowest BCUT2D eigenvalue weighted by Gasteiger charge is -2.34. The number of benzene rings is 3. The molecule has 3 aromatic rings. The molecule has 2 atom stereocenters. The number of carbonyl (C=O) groups excluding carboxylic acids is 1. The van der Waals surface area contributed by atoms with Gasteiger partial charge in [0, 0.05) is 35.6 Å². The van der Waals surface area contributed by atoms with Crippen molar-refractivity contribution < 1.29 is 23.5 Å². The lowest BCUT2D eigenvalue weighted by Crippen LogP contribution is -2.40. The van der Waals surface area contributed by atoms with Gasteiger partial charge >= 0.3 is 5.97 Å². The van der Waals surface area contributed by atoms with Crippen molar-refractivity contribution in [1.82, 2.24) is 0 Å². The first kappa shape index (κ1) is 23.7. The number of hydrogen-bond donors (Lipinski definition) is 1. The smallest absolute Gasteiger partial charge is 0.305 e. The molecule has 0 bridgehead atoms. The van der Waals surface area contributed by atoms with E-state index in [0.29, 0.717) is 12.2 Å². The predicted molar refractivity (Wildman–Crippen MR) is 131 cm³/mol. The maximum atomic E-state index is 12.9. The maximum absolute atomic E-state index is 12.9. The molecule has 0 aliphatic carbocycles. The van der Waals surface area contributed by atoms with Gasteiger partial charge in [-0.15, -0.1) is 0 Å². The third kappa shape index (κ3) is 5.35. The van der Waals surface area contributed by atoms with E-state index in [1.807, 2.05) is 54.6 Å². The van der Waals surface area contributed by atoms with E-state index in [1.165, 1.54) is 0 Å². The van der Waals surface area contributed by atoms with Gasteiger partial charge in [-0.05, 0) is 47.7 Å². The fourth-order valence-electron chi connectivity index (χ4n) is 4.38. The van der Waals surface area contributed by atoms with Crippen LogP contribution in [0.1, 0.15) is 24.8 Å². The molecule has 1 amide bonds. The highest BCUT2D eigenvalue weighted by Crippen LogP contribution is 2.30. The highest BCUT2D eigenvalue weighted by molar-refractivity contribution is 7.80. The molecule has 3 aromatic carbocycles.